The van der Waals surface area contributed by atoms with Gasteiger partial charge in [-0.1, -0.05) is 71.9 Å². The molecule has 4 rings (SSSR count). The van der Waals surface area contributed by atoms with Crippen molar-refractivity contribution in [3.05, 3.63) is 102 Å². The third-order valence-corrected chi connectivity index (χ3v) is 6.26. The van der Waals surface area contributed by atoms with Crippen LogP contribution in [0.1, 0.15) is 21.5 Å². The molecule has 1 heterocycles. The standard InChI is InChI=1S/C28H22N2O2S/c1-19-8-10-20(11-9-19)24-16-26(21-12-14-23(32-2)15-13-21)30-28(25(24)17-29)33-18-27(31)22-6-4-3-5-7-22/h3-16H,18H2,1-2H3. The van der Waals surface area contributed by atoms with Gasteiger partial charge in [0.05, 0.1) is 24.1 Å². The Morgan fingerprint density at radius 2 is 1.64 bits per heavy atom. The molecule has 5 heteroatoms. The van der Waals surface area contributed by atoms with Crippen molar-refractivity contribution < 1.29 is 9.53 Å². The van der Waals surface area contributed by atoms with Crippen LogP contribution in [0.4, 0.5) is 0 Å². The number of hydrogen-bond donors (Lipinski definition) is 0. The van der Waals surface area contributed by atoms with Crippen LogP contribution in [-0.2, 0) is 0 Å². The first-order valence-corrected chi connectivity index (χ1v) is 11.5. The number of Topliss-reactive ketones (excluding diaryl/α,β-unsaturated/α-hetero) is 1. The van der Waals surface area contributed by atoms with Gasteiger partial charge in [0.2, 0.25) is 0 Å². The first-order valence-electron chi connectivity index (χ1n) is 10.5. The second-order valence-corrected chi connectivity index (χ2v) is 8.48. The monoisotopic (exact) mass is 450 g/mol. The van der Waals surface area contributed by atoms with Crippen molar-refractivity contribution in [1.29, 1.82) is 5.26 Å². The Balaban J connectivity index is 1.77. The van der Waals surface area contributed by atoms with E-state index in [4.69, 9.17) is 9.72 Å². The number of rotatable bonds is 7. The van der Waals surface area contributed by atoms with Gasteiger partial charge in [0, 0.05) is 16.7 Å². The zero-order valence-corrected chi connectivity index (χ0v) is 19.2. The van der Waals surface area contributed by atoms with Gasteiger partial charge < -0.3 is 4.74 Å². The average Bonchev–Trinajstić information content (AvgIpc) is 2.87. The maximum absolute atomic E-state index is 12.7. The second kappa shape index (κ2) is 10.2. The molecule has 33 heavy (non-hydrogen) atoms. The quantitative estimate of drug-likeness (QED) is 0.235. The highest BCUT2D eigenvalue weighted by Crippen LogP contribution is 2.35. The molecule has 0 amide bonds. The Morgan fingerprint density at radius 1 is 0.970 bits per heavy atom. The number of carbonyl (C=O) groups excluding carboxylic acids is 1. The zero-order valence-electron chi connectivity index (χ0n) is 18.4. The van der Waals surface area contributed by atoms with Crippen LogP contribution in [-0.4, -0.2) is 23.6 Å². The van der Waals surface area contributed by atoms with Gasteiger partial charge >= 0.3 is 0 Å². The topological polar surface area (TPSA) is 63.0 Å². The maximum atomic E-state index is 12.7. The van der Waals surface area contributed by atoms with Gasteiger partial charge in [-0.2, -0.15) is 5.26 Å². The second-order valence-electron chi connectivity index (χ2n) is 7.52. The number of carbonyl (C=O) groups is 1. The van der Waals surface area contributed by atoms with Gasteiger partial charge in [-0.05, 0) is 42.8 Å². The Bertz CT molecular complexity index is 1310. The van der Waals surface area contributed by atoms with Crippen molar-refractivity contribution in [2.24, 2.45) is 0 Å². The van der Waals surface area contributed by atoms with Crippen LogP contribution in [0.25, 0.3) is 22.4 Å². The molecule has 1 aromatic heterocycles. The zero-order chi connectivity index (χ0) is 23.2. The number of benzene rings is 3. The molecule has 0 saturated carbocycles. The van der Waals surface area contributed by atoms with E-state index in [-0.39, 0.29) is 11.5 Å². The summed E-state index contributed by atoms with van der Waals surface area (Å²) in [7, 11) is 1.63. The summed E-state index contributed by atoms with van der Waals surface area (Å²) in [5, 5.41) is 10.6. The summed E-state index contributed by atoms with van der Waals surface area (Å²) in [6.45, 7) is 2.03. The molecule has 0 bridgehead atoms. The maximum Gasteiger partial charge on any atom is 0.173 e. The van der Waals surface area contributed by atoms with Crippen LogP contribution in [0.3, 0.4) is 0 Å². The molecule has 0 N–H and O–H groups in total. The molecule has 4 nitrogen and oxygen atoms in total. The Hall–Kier alpha value is -3.88. The number of ketones is 1. The molecule has 0 saturated heterocycles. The van der Waals surface area contributed by atoms with Gasteiger partial charge in [0.1, 0.15) is 16.8 Å². The number of methoxy groups -OCH3 is 1. The Labute approximate surface area is 197 Å². The van der Waals surface area contributed by atoms with E-state index in [0.29, 0.717) is 16.2 Å². The van der Waals surface area contributed by atoms with E-state index in [2.05, 4.69) is 6.07 Å². The van der Waals surface area contributed by atoms with E-state index in [0.717, 1.165) is 33.7 Å². The number of nitrogens with zero attached hydrogens (tertiary/aromatic N) is 2. The van der Waals surface area contributed by atoms with E-state index in [1.54, 1.807) is 19.2 Å². The normalized spacial score (nSPS) is 10.5. The van der Waals surface area contributed by atoms with Gasteiger partial charge in [-0.15, -0.1) is 0 Å². The molecule has 0 atom stereocenters. The molecule has 3 aromatic carbocycles. The van der Waals surface area contributed by atoms with E-state index in [9.17, 15) is 10.1 Å². The third-order valence-electron chi connectivity index (χ3n) is 5.28. The lowest BCUT2D eigenvalue weighted by Gasteiger charge is -2.13. The van der Waals surface area contributed by atoms with E-state index >= 15 is 0 Å². The van der Waals surface area contributed by atoms with Crippen LogP contribution in [0.5, 0.6) is 5.75 Å². The molecule has 0 spiro atoms. The smallest absolute Gasteiger partial charge is 0.173 e. The van der Waals surface area contributed by atoms with Crippen molar-refractivity contribution in [2.45, 2.75) is 11.9 Å². The van der Waals surface area contributed by atoms with Crippen LogP contribution in [0.15, 0.2) is 90.0 Å². The molecular formula is C28H22N2O2S. The summed E-state index contributed by atoms with van der Waals surface area (Å²) < 4.78 is 5.27. The van der Waals surface area contributed by atoms with Gasteiger partial charge in [-0.25, -0.2) is 4.98 Å². The predicted octanol–water partition coefficient (Wildman–Crippen LogP) is 6.58. The number of thioether (sulfide) groups is 1. The number of nitriles is 1. The van der Waals surface area contributed by atoms with E-state index in [1.807, 2.05) is 79.7 Å². The first-order chi connectivity index (χ1) is 16.1. The van der Waals surface area contributed by atoms with Gasteiger partial charge in [0.25, 0.3) is 0 Å². The highest BCUT2D eigenvalue weighted by molar-refractivity contribution is 8.00. The van der Waals surface area contributed by atoms with Crippen molar-refractivity contribution >= 4 is 17.5 Å². The van der Waals surface area contributed by atoms with Crippen LogP contribution >= 0.6 is 11.8 Å². The summed E-state index contributed by atoms with van der Waals surface area (Å²) in [6, 6.07) is 29.1. The number of pyridine rings is 1. The van der Waals surface area contributed by atoms with Crippen molar-refractivity contribution in [1.82, 2.24) is 4.98 Å². The number of hydrogen-bond acceptors (Lipinski definition) is 5. The third kappa shape index (κ3) is 5.14. The fourth-order valence-corrected chi connectivity index (χ4v) is 4.34. The van der Waals surface area contributed by atoms with Crippen LogP contribution < -0.4 is 4.74 Å². The van der Waals surface area contributed by atoms with E-state index in [1.165, 1.54) is 11.8 Å². The van der Waals surface area contributed by atoms with Crippen LogP contribution in [0.2, 0.25) is 0 Å². The summed E-state index contributed by atoms with van der Waals surface area (Å²) in [4.78, 5) is 17.5. The number of aryl methyl sites for hydroxylation is 1. The SMILES string of the molecule is COc1ccc(-c2cc(-c3ccc(C)cc3)c(C#N)c(SCC(=O)c3ccccc3)n2)cc1. The summed E-state index contributed by atoms with van der Waals surface area (Å²) in [5.74, 6) is 0.956. The Kier molecular flexibility index (Phi) is 6.87. The largest absolute Gasteiger partial charge is 0.497 e. The van der Waals surface area contributed by atoms with Crippen molar-refractivity contribution in [3.63, 3.8) is 0 Å². The summed E-state index contributed by atoms with van der Waals surface area (Å²) in [6.07, 6.45) is 0. The lowest BCUT2D eigenvalue weighted by atomic mass is 9.98. The minimum Gasteiger partial charge on any atom is -0.497 e. The van der Waals surface area contributed by atoms with E-state index < -0.39 is 0 Å². The highest BCUT2D eigenvalue weighted by Gasteiger charge is 2.17. The predicted molar refractivity (Wildman–Crippen MR) is 133 cm³/mol. The van der Waals surface area contributed by atoms with Gasteiger partial charge in [-0.3, -0.25) is 4.79 Å². The van der Waals surface area contributed by atoms with Crippen LogP contribution in [0, 0.1) is 18.3 Å². The molecule has 0 radical (unpaired) electrons. The minimum atomic E-state index is -0.00183. The molecule has 0 unspecified atom stereocenters. The number of aromatic nitrogens is 1. The number of ether oxygens (including phenoxy) is 1. The van der Waals surface area contributed by atoms with Crippen molar-refractivity contribution in [2.75, 3.05) is 12.9 Å². The molecule has 0 aliphatic carbocycles. The molecule has 0 aliphatic heterocycles. The molecule has 0 aliphatic rings. The Morgan fingerprint density at radius 3 is 2.27 bits per heavy atom. The fourth-order valence-electron chi connectivity index (χ4n) is 3.45. The average molecular weight is 451 g/mol. The summed E-state index contributed by atoms with van der Waals surface area (Å²) in [5.41, 5.74) is 5.64. The lowest BCUT2D eigenvalue weighted by molar-refractivity contribution is 0.102. The first kappa shape index (κ1) is 22.3. The summed E-state index contributed by atoms with van der Waals surface area (Å²) >= 11 is 1.30. The molecule has 162 valence electrons. The fraction of sp³-hybridized carbons (Fsp3) is 0.107. The molecule has 4 aromatic rings. The lowest BCUT2D eigenvalue weighted by Crippen LogP contribution is -2.04. The molecular weight excluding hydrogens is 428 g/mol. The highest BCUT2D eigenvalue weighted by atomic mass is 32.2. The van der Waals surface area contributed by atoms with Crippen molar-refractivity contribution in [3.8, 4) is 34.2 Å². The van der Waals surface area contributed by atoms with Gasteiger partial charge in [0.15, 0.2) is 5.78 Å². The minimum absolute atomic E-state index is 0.00183. The molecule has 0 fully saturated rings.